The van der Waals surface area contributed by atoms with Crippen LogP contribution in [0.2, 0.25) is 0 Å². The van der Waals surface area contributed by atoms with Crippen molar-refractivity contribution in [1.29, 1.82) is 0 Å². The van der Waals surface area contributed by atoms with Gasteiger partial charge in [0.15, 0.2) is 5.79 Å². The molecule has 2 atom stereocenters. The highest BCUT2D eigenvalue weighted by Crippen LogP contribution is 2.55. The first kappa shape index (κ1) is 13.1. The number of hydrogen-bond donors (Lipinski definition) is 0. The van der Waals surface area contributed by atoms with Crippen LogP contribution in [0.5, 0.6) is 0 Å². The molecule has 2 fully saturated rings. The largest absolute Gasteiger partial charge is 0.346 e. The smallest absolute Gasteiger partial charge is 0.182 e. The monoisotopic (exact) mass is 280 g/mol. The molecule has 2 unspecified atom stereocenters. The number of hydrogen-bond acceptors (Lipinski definition) is 2. The third kappa shape index (κ3) is 2.10. The summed E-state index contributed by atoms with van der Waals surface area (Å²) in [5, 5.41) is 0. The molecule has 1 heterocycles. The summed E-state index contributed by atoms with van der Waals surface area (Å²) < 4.78 is 12.4. The van der Waals surface area contributed by atoms with E-state index in [0.29, 0.717) is 25.0 Å². The van der Waals surface area contributed by atoms with Gasteiger partial charge in [0.25, 0.3) is 0 Å². The van der Waals surface area contributed by atoms with Crippen molar-refractivity contribution in [3.05, 3.63) is 71.8 Å². The maximum absolute atomic E-state index is 6.21. The van der Waals surface area contributed by atoms with Gasteiger partial charge in [-0.05, 0) is 24.0 Å². The first-order valence-electron chi connectivity index (χ1n) is 7.78. The molecule has 0 N–H and O–H groups in total. The van der Waals surface area contributed by atoms with Crippen molar-refractivity contribution >= 4 is 0 Å². The van der Waals surface area contributed by atoms with Crippen LogP contribution in [0.25, 0.3) is 0 Å². The predicted molar refractivity (Wildman–Crippen MR) is 82.2 cm³/mol. The first-order valence-corrected chi connectivity index (χ1v) is 7.78. The minimum absolute atomic E-state index is 0.325. The summed E-state index contributed by atoms with van der Waals surface area (Å²) in [5.74, 6) is 0.181. The molecule has 21 heavy (non-hydrogen) atoms. The lowest BCUT2D eigenvalue weighted by Crippen LogP contribution is -2.38. The summed E-state index contributed by atoms with van der Waals surface area (Å²) in [6.07, 6.45) is 2.23. The number of benzene rings is 2. The second kappa shape index (κ2) is 5.28. The van der Waals surface area contributed by atoms with Crippen LogP contribution in [0, 0.1) is 0 Å². The maximum Gasteiger partial charge on any atom is 0.182 e. The van der Waals surface area contributed by atoms with E-state index in [4.69, 9.17) is 9.47 Å². The quantitative estimate of drug-likeness (QED) is 0.825. The van der Waals surface area contributed by atoms with Gasteiger partial charge in [-0.3, -0.25) is 0 Å². The van der Waals surface area contributed by atoms with Crippen molar-refractivity contribution in [1.82, 2.24) is 0 Å². The van der Waals surface area contributed by atoms with Crippen LogP contribution in [0.15, 0.2) is 60.7 Å². The molecule has 2 nitrogen and oxygen atoms in total. The van der Waals surface area contributed by atoms with E-state index >= 15 is 0 Å². The van der Waals surface area contributed by atoms with Crippen molar-refractivity contribution < 1.29 is 9.47 Å². The molecule has 1 aliphatic heterocycles. The molecule has 2 heteroatoms. The number of ether oxygens (including phenoxy) is 2. The van der Waals surface area contributed by atoms with E-state index in [1.165, 1.54) is 11.1 Å². The average molecular weight is 280 g/mol. The fourth-order valence-corrected chi connectivity index (χ4v) is 3.99. The highest BCUT2D eigenvalue weighted by Gasteiger charge is 2.55. The lowest BCUT2D eigenvalue weighted by molar-refractivity contribution is -0.174. The van der Waals surface area contributed by atoms with E-state index < -0.39 is 5.79 Å². The molecule has 1 saturated heterocycles. The van der Waals surface area contributed by atoms with E-state index in [2.05, 4.69) is 60.7 Å². The molecule has 0 aromatic heterocycles. The fourth-order valence-electron chi connectivity index (χ4n) is 3.99. The summed E-state index contributed by atoms with van der Waals surface area (Å²) in [6, 6.07) is 21.3. The van der Waals surface area contributed by atoms with Crippen LogP contribution in [-0.4, -0.2) is 19.0 Å². The average Bonchev–Trinajstić information content (AvgIpc) is 3.18. The molecule has 1 aliphatic carbocycles. The molecule has 0 bridgehead atoms. The Labute approximate surface area is 125 Å². The van der Waals surface area contributed by atoms with Gasteiger partial charge >= 0.3 is 0 Å². The Morgan fingerprint density at radius 1 is 0.667 bits per heavy atom. The van der Waals surface area contributed by atoms with Crippen LogP contribution in [0.1, 0.15) is 35.8 Å². The highest BCUT2D eigenvalue weighted by molar-refractivity contribution is 5.31. The Hall–Kier alpha value is -1.64. The summed E-state index contributed by atoms with van der Waals surface area (Å²) >= 11 is 0. The van der Waals surface area contributed by atoms with Crippen LogP contribution < -0.4 is 0 Å². The first-order chi connectivity index (χ1) is 10.4. The second-order valence-corrected chi connectivity index (χ2v) is 5.92. The normalized spacial score (nSPS) is 27.2. The van der Waals surface area contributed by atoms with Gasteiger partial charge in [0.05, 0.1) is 13.2 Å². The number of rotatable bonds is 2. The topological polar surface area (TPSA) is 18.5 Å². The molecule has 2 aromatic carbocycles. The van der Waals surface area contributed by atoms with E-state index in [1.807, 2.05) is 0 Å². The van der Waals surface area contributed by atoms with E-state index in [0.717, 1.165) is 12.8 Å². The van der Waals surface area contributed by atoms with Crippen LogP contribution in [-0.2, 0) is 9.47 Å². The molecular weight excluding hydrogens is 260 g/mol. The third-order valence-corrected chi connectivity index (χ3v) is 4.86. The van der Waals surface area contributed by atoms with Crippen LogP contribution in [0.4, 0.5) is 0 Å². The molecule has 108 valence electrons. The molecular formula is C19H20O2. The molecule has 1 saturated carbocycles. The third-order valence-electron chi connectivity index (χ3n) is 4.86. The zero-order valence-corrected chi connectivity index (χ0v) is 12.1. The summed E-state index contributed by atoms with van der Waals surface area (Å²) in [4.78, 5) is 0. The van der Waals surface area contributed by atoms with Crippen molar-refractivity contribution in [2.45, 2.75) is 30.5 Å². The Kier molecular flexibility index (Phi) is 3.28. The van der Waals surface area contributed by atoms with Crippen molar-refractivity contribution in [3.63, 3.8) is 0 Å². The van der Waals surface area contributed by atoms with Crippen molar-refractivity contribution in [2.24, 2.45) is 0 Å². The van der Waals surface area contributed by atoms with Gasteiger partial charge in [-0.25, -0.2) is 0 Å². The standard InChI is InChI=1S/C19H20O2/c1-3-7-15(8-4-1)17-11-12-18(16-9-5-2-6-10-16)19(17)20-13-14-21-19/h1-10,17-18H,11-14H2. The van der Waals surface area contributed by atoms with Crippen molar-refractivity contribution in [2.75, 3.05) is 13.2 Å². The summed E-state index contributed by atoms with van der Waals surface area (Å²) in [7, 11) is 0. The highest BCUT2D eigenvalue weighted by atomic mass is 16.7. The van der Waals surface area contributed by atoms with Gasteiger partial charge in [0.1, 0.15) is 0 Å². The Bertz CT molecular complexity index is 538. The van der Waals surface area contributed by atoms with Gasteiger partial charge in [-0.2, -0.15) is 0 Å². The molecule has 0 radical (unpaired) electrons. The van der Waals surface area contributed by atoms with Crippen LogP contribution >= 0.6 is 0 Å². The summed E-state index contributed by atoms with van der Waals surface area (Å²) in [6.45, 7) is 1.40. The summed E-state index contributed by atoms with van der Waals surface area (Å²) in [5.41, 5.74) is 2.66. The molecule has 2 aromatic rings. The van der Waals surface area contributed by atoms with Gasteiger partial charge in [0, 0.05) is 11.8 Å². The Morgan fingerprint density at radius 2 is 1.10 bits per heavy atom. The fraction of sp³-hybridized carbons (Fsp3) is 0.368. The maximum atomic E-state index is 6.21. The predicted octanol–water partition coefficient (Wildman–Crippen LogP) is 4.09. The molecule has 0 amide bonds. The van der Waals surface area contributed by atoms with Crippen LogP contribution in [0.3, 0.4) is 0 Å². The lowest BCUT2D eigenvalue weighted by atomic mass is 9.86. The lowest BCUT2D eigenvalue weighted by Gasteiger charge is -2.35. The van der Waals surface area contributed by atoms with Gasteiger partial charge in [-0.1, -0.05) is 60.7 Å². The Balaban J connectivity index is 1.75. The second-order valence-electron chi connectivity index (χ2n) is 5.92. The molecule has 2 aliphatic rings. The van der Waals surface area contributed by atoms with E-state index in [9.17, 15) is 0 Å². The Morgan fingerprint density at radius 3 is 1.52 bits per heavy atom. The van der Waals surface area contributed by atoms with Gasteiger partial charge in [-0.15, -0.1) is 0 Å². The van der Waals surface area contributed by atoms with Gasteiger partial charge < -0.3 is 9.47 Å². The van der Waals surface area contributed by atoms with Gasteiger partial charge in [0.2, 0.25) is 0 Å². The molecule has 4 rings (SSSR count). The minimum Gasteiger partial charge on any atom is -0.346 e. The minimum atomic E-state index is -0.470. The van der Waals surface area contributed by atoms with E-state index in [1.54, 1.807) is 0 Å². The van der Waals surface area contributed by atoms with E-state index in [-0.39, 0.29) is 0 Å². The zero-order chi connectivity index (χ0) is 14.1. The SMILES string of the molecule is c1ccc(C2CCC(c3ccccc3)C23OCCO3)cc1. The molecule has 1 spiro atoms. The zero-order valence-electron chi connectivity index (χ0n) is 12.1. The van der Waals surface area contributed by atoms with Crippen molar-refractivity contribution in [3.8, 4) is 0 Å².